The second-order valence-electron chi connectivity index (χ2n) is 4.82. The molecule has 1 fully saturated rings. The van der Waals surface area contributed by atoms with E-state index in [1.54, 1.807) is 0 Å². The Morgan fingerprint density at radius 2 is 2.23 bits per heavy atom. The molecule has 3 heteroatoms. The maximum Gasteiger partial charge on any atom is 0.312 e. The zero-order valence-electron chi connectivity index (χ0n) is 8.76. The van der Waals surface area contributed by atoms with Crippen LogP contribution in [0.2, 0.25) is 0 Å². The van der Waals surface area contributed by atoms with E-state index in [2.05, 4.69) is 26.1 Å². The highest BCUT2D eigenvalue weighted by atomic mass is 16.2. The Hall–Kier alpha value is -0.730. The predicted octanol–water partition coefficient (Wildman–Crippen LogP) is 1.73. The van der Waals surface area contributed by atoms with E-state index >= 15 is 0 Å². The van der Waals surface area contributed by atoms with Gasteiger partial charge in [-0.15, -0.1) is 0 Å². The Kier molecular flexibility index (Phi) is 2.84. The van der Waals surface area contributed by atoms with E-state index in [1.165, 1.54) is 12.8 Å². The maximum atomic E-state index is 10.5. The number of rotatable bonds is 2. The van der Waals surface area contributed by atoms with Crippen LogP contribution in [0, 0.1) is 17.3 Å². The Labute approximate surface area is 80.1 Å². The summed E-state index contributed by atoms with van der Waals surface area (Å²) in [6.45, 7) is 7.59. The number of primary amides is 1. The van der Waals surface area contributed by atoms with Crippen molar-refractivity contribution < 1.29 is 4.79 Å². The molecule has 2 atom stereocenters. The van der Waals surface area contributed by atoms with Crippen LogP contribution in [0.25, 0.3) is 0 Å². The minimum absolute atomic E-state index is 0.406. The first kappa shape index (κ1) is 10.4. The molecule has 13 heavy (non-hydrogen) atoms. The summed E-state index contributed by atoms with van der Waals surface area (Å²) < 4.78 is 0. The van der Waals surface area contributed by atoms with Crippen molar-refractivity contribution in [3.63, 3.8) is 0 Å². The lowest BCUT2D eigenvalue weighted by Gasteiger charge is -2.26. The lowest BCUT2D eigenvalue weighted by molar-refractivity contribution is 0.227. The van der Waals surface area contributed by atoms with Crippen molar-refractivity contribution in [2.75, 3.05) is 6.54 Å². The molecule has 2 unspecified atom stereocenters. The van der Waals surface area contributed by atoms with Gasteiger partial charge in [0.05, 0.1) is 0 Å². The fourth-order valence-electron chi connectivity index (χ4n) is 2.18. The van der Waals surface area contributed by atoms with Gasteiger partial charge in [-0.1, -0.05) is 20.8 Å². The number of nitrogens with one attached hydrogen (secondary N) is 1. The van der Waals surface area contributed by atoms with Gasteiger partial charge in [-0.25, -0.2) is 4.79 Å². The third-order valence-corrected chi connectivity index (χ3v) is 3.64. The van der Waals surface area contributed by atoms with Gasteiger partial charge >= 0.3 is 6.03 Å². The Balaban J connectivity index is 2.42. The first-order chi connectivity index (χ1) is 5.93. The molecule has 0 spiro atoms. The van der Waals surface area contributed by atoms with Gasteiger partial charge in [-0.05, 0) is 30.1 Å². The summed E-state index contributed by atoms with van der Waals surface area (Å²) in [4.78, 5) is 10.5. The van der Waals surface area contributed by atoms with Crippen LogP contribution in [-0.4, -0.2) is 12.6 Å². The molecule has 0 aromatic rings. The minimum Gasteiger partial charge on any atom is -0.352 e. The molecule has 1 saturated carbocycles. The fraction of sp³-hybridized carbons (Fsp3) is 0.900. The van der Waals surface area contributed by atoms with Gasteiger partial charge in [0.2, 0.25) is 0 Å². The molecular formula is C10H20N2O. The van der Waals surface area contributed by atoms with Crippen LogP contribution < -0.4 is 11.1 Å². The summed E-state index contributed by atoms with van der Waals surface area (Å²) in [6, 6.07) is -0.406. The van der Waals surface area contributed by atoms with Crippen molar-refractivity contribution in [3.8, 4) is 0 Å². The number of hydrogen-bond acceptors (Lipinski definition) is 1. The number of hydrogen-bond donors (Lipinski definition) is 2. The van der Waals surface area contributed by atoms with Crippen molar-refractivity contribution in [3.05, 3.63) is 0 Å². The van der Waals surface area contributed by atoms with E-state index in [0.29, 0.717) is 17.3 Å². The summed E-state index contributed by atoms with van der Waals surface area (Å²) in [6.07, 6.45) is 2.45. The zero-order valence-corrected chi connectivity index (χ0v) is 8.76. The van der Waals surface area contributed by atoms with Crippen molar-refractivity contribution in [2.45, 2.75) is 33.6 Å². The van der Waals surface area contributed by atoms with Crippen LogP contribution in [0.3, 0.4) is 0 Å². The molecule has 76 valence electrons. The first-order valence-corrected chi connectivity index (χ1v) is 4.97. The molecule has 3 nitrogen and oxygen atoms in total. The minimum atomic E-state index is -0.406. The van der Waals surface area contributed by atoms with E-state index in [-0.39, 0.29) is 0 Å². The number of urea groups is 1. The molecule has 0 heterocycles. The van der Waals surface area contributed by atoms with Gasteiger partial charge in [0.1, 0.15) is 0 Å². The standard InChI is InChI=1S/C10H20N2O/c1-7-8(6-12-9(11)13)4-5-10(7,2)3/h7-8H,4-6H2,1-3H3,(H3,11,12,13). The van der Waals surface area contributed by atoms with Crippen LogP contribution in [-0.2, 0) is 0 Å². The smallest absolute Gasteiger partial charge is 0.312 e. The molecule has 3 N–H and O–H groups in total. The van der Waals surface area contributed by atoms with Gasteiger partial charge in [-0.2, -0.15) is 0 Å². The molecule has 0 aromatic carbocycles. The Bertz CT molecular complexity index is 201. The molecular weight excluding hydrogens is 164 g/mol. The number of amides is 2. The highest BCUT2D eigenvalue weighted by molar-refractivity contribution is 5.71. The lowest BCUT2D eigenvalue weighted by Crippen LogP contribution is -2.35. The Morgan fingerprint density at radius 1 is 1.62 bits per heavy atom. The summed E-state index contributed by atoms with van der Waals surface area (Å²) in [5.74, 6) is 1.27. The van der Waals surface area contributed by atoms with Crippen molar-refractivity contribution >= 4 is 6.03 Å². The predicted molar refractivity (Wildman–Crippen MR) is 53.3 cm³/mol. The maximum absolute atomic E-state index is 10.5. The van der Waals surface area contributed by atoms with E-state index < -0.39 is 6.03 Å². The number of carbonyl (C=O) groups is 1. The normalized spacial score (nSPS) is 31.6. The summed E-state index contributed by atoms with van der Waals surface area (Å²) in [7, 11) is 0. The highest BCUT2D eigenvalue weighted by Gasteiger charge is 2.38. The SMILES string of the molecule is CC1C(CNC(N)=O)CCC1(C)C. The van der Waals surface area contributed by atoms with E-state index in [1.807, 2.05) is 0 Å². The molecule has 0 radical (unpaired) electrons. The molecule has 0 aliphatic heterocycles. The largest absolute Gasteiger partial charge is 0.352 e. The number of carbonyl (C=O) groups excluding carboxylic acids is 1. The van der Waals surface area contributed by atoms with E-state index in [4.69, 9.17) is 5.73 Å². The quantitative estimate of drug-likeness (QED) is 0.674. The van der Waals surface area contributed by atoms with Crippen LogP contribution >= 0.6 is 0 Å². The van der Waals surface area contributed by atoms with Gasteiger partial charge in [0.15, 0.2) is 0 Å². The van der Waals surface area contributed by atoms with Gasteiger partial charge in [0.25, 0.3) is 0 Å². The molecule has 2 amide bonds. The monoisotopic (exact) mass is 184 g/mol. The highest BCUT2D eigenvalue weighted by Crippen LogP contribution is 2.45. The summed E-state index contributed by atoms with van der Waals surface area (Å²) >= 11 is 0. The molecule has 1 aliphatic rings. The van der Waals surface area contributed by atoms with Crippen LogP contribution in [0.1, 0.15) is 33.6 Å². The van der Waals surface area contributed by atoms with Gasteiger partial charge in [-0.3, -0.25) is 0 Å². The van der Waals surface area contributed by atoms with Crippen LogP contribution in [0.4, 0.5) is 4.79 Å². The van der Waals surface area contributed by atoms with E-state index in [0.717, 1.165) is 6.54 Å². The third kappa shape index (κ3) is 2.36. The molecule has 1 aliphatic carbocycles. The molecule has 0 bridgehead atoms. The van der Waals surface area contributed by atoms with Gasteiger partial charge in [0, 0.05) is 6.54 Å². The van der Waals surface area contributed by atoms with Crippen LogP contribution in [0.5, 0.6) is 0 Å². The lowest BCUT2D eigenvalue weighted by atomic mass is 9.80. The number of nitrogens with two attached hydrogens (primary N) is 1. The fourth-order valence-corrected chi connectivity index (χ4v) is 2.18. The van der Waals surface area contributed by atoms with Crippen molar-refractivity contribution in [2.24, 2.45) is 23.0 Å². The van der Waals surface area contributed by atoms with Crippen LogP contribution in [0.15, 0.2) is 0 Å². The van der Waals surface area contributed by atoms with Gasteiger partial charge < -0.3 is 11.1 Å². The average molecular weight is 184 g/mol. The summed E-state index contributed by atoms with van der Waals surface area (Å²) in [5, 5.41) is 2.69. The molecule has 0 saturated heterocycles. The molecule has 1 rings (SSSR count). The summed E-state index contributed by atoms with van der Waals surface area (Å²) in [5.41, 5.74) is 5.45. The van der Waals surface area contributed by atoms with Crippen molar-refractivity contribution in [1.29, 1.82) is 0 Å². The van der Waals surface area contributed by atoms with E-state index in [9.17, 15) is 4.79 Å². The van der Waals surface area contributed by atoms with Crippen molar-refractivity contribution in [1.82, 2.24) is 5.32 Å². The second-order valence-corrected chi connectivity index (χ2v) is 4.82. The first-order valence-electron chi connectivity index (χ1n) is 4.97. The zero-order chi connectivity index (χ0) is 10.1. The second kappa shape index (κ2) is 3.56. The Morgan fingerprint density at radius 3 is 2.62 bits per heavy atom. The topological polar surface area (TPSA) is 55.1 Å². The average Bonchev–Trinajstić information content (AvgIpc) is 2.25. The third-order valence-electron chi connectivity index (χ3n) is 3.64. The molecule has 0 aromatic heterocycles.